The average Bonchev–Trinajstić information content (AvgIpc) is 2.46. The minimum absolute atomic E-state index is 0. The Kier molecular flexibility index (Phi) is 6.32. The molecule has 1 aliphatic rings. The molecule has 1 aromatic rings. The van der Waals surface area contributed by atoms with Crippen molar-refractivity contribution in [2.75, 3.05) is 13.1 Å². The van der Waals surface area contributed by atoms with Gasteiger partial charge in [-0.3, -0.25) is 14.9 Å². The van der Waals surface area contributed by atoms with Gasteiger partial charge in [-0.25, -0.2) is 0 Å². The van der Waals surface area contributed by atoms with E-state index in [1.165, 1.54) is 12.1 Å². The molecule has 0 saturated carbocycles. The van der Waals surface area contributed by atoms with Gasteiger partial charge in [0.25, 0.3) is 11.6 Å². The van der Waals surface area contributed by atoms with Crippen LogP contribution < -0.4 is 5.73 Å². The Morgan fingerprint density at radius 1 is 1.50 bits per heavy atom. The highest BCUT2D eigenvalue weighted by Crippen LogP contribution is 2.23. The highest BCUT2D eigenvalue weighted by Gasteiger charge is 2.27. The molecule has 22 heavy (non-hydrogen) atoms. The number of carbonyl (C=O) groups excluding carboxylic acids is 1. The lowest BCUT2D eigenvalue weighted by Crippen LogP contribution is -2.45. The number of nitrogens with zero attached hydrogens (tertiary/aromatic N) is 2. The van der Waals surface area contributed by atoms with Gasteiger partial charge in [-0.2, -0.15) is 0 Å². The molecule has 1 aromatic carbocycles. The lowest BCUT2D eigenvalue weighted by molar-refractivity contribution is -0.384. The van der Waals surface area contributed by atoms with Gasteiger partial charge in [0.2, 0.25) is 0 Å². The Labute approximate surface area is 136 Å². The zero-order valence-electron chi connectivity index (χ0n) is 12.8. The highest BCUT2D eigenvalue weighted by atomic mass is 35.5. The molecule has 1 aliphatic heterocycles. The van der Waals surface area contributed by atoms with Gasteiger partial charge >= 0.3 is 0 Å². The van der Waals surface area contributed by atoms with E-state index in [0.29, 0.717) is 23.6 Å². The molecule has 2 N–H and O–H groups in total. The molecule has 0 aromatic heterocycles. The second-order valence-electron chi connectivity index (χ2n) is 5.77. The first-order valence-electron chi connectivity index (χ1n) is 7.20. The monoisotopic (exact) mass is 327 g/mol. The Hall–Kier alpha value is -1.66. The summed E-state index contributed by atoms with van der Waals surface area (Å²) in [6.07, 6.45) is 1.99. The predicted molar refractivity (Wildman–Crippen MR) is 87.4 cm³/mol. The molecule has 122 valence electrons. The third-order valence-corrected chi connectivity index (χ3v) is 4.14. The molecule has 0 spiro atoms. The normalized spacial score (nSPS) is 19.2. The molecule has 2 unspecified atom stereocenters. The van der Waals surface area contributed by atoms with E-state index in [1.807, 2.05) is 11.8 Å². The summed E-state index contributed by atoms with van der Waals surface area (Å²) in [4.78, 5) is 24.7. The summed E-state index contributed by atoms with van der Waals surface area (Å²) < 4.78 is 0. The second kappa shape index (κ2) is 7.56. The number of hydrogen-bond donors (Lipinski definition) is 1. The van der Waals surface area contributed by atoms with Crippen LogP contribution in [0.2, 0.25) is 0 Å². The second-order valence-corrected chi connectivity index (χ2v) is 5.77. The number of piperidine rings is 1. The Morgan fingerprint density at radius 2 is 2.18 bits per heavy atom. The minimum Gasteiger partial charge on any atom is -0.338 e. The molecule has 6 nitrogen and oxygen atoms in total. The van der Waals surface area contributed by atoms with Gasteiger partial charge in [0.05, 0.1) is 4.92 Å². The summed E-state index contributed by atoms with van der Waals surface area (Å²) in [6.45, 7) is 5.08. The first kappa shape index (κ1) is 18.4. The Morgan fingerprint density at radius 3 is 2.73 bits per heavy atom. The molecule has 0 bridgehead atoms. The molecule has 2 atom stereocenters. The van der Waals surface area contributed by atoms with E-state index < -0.39 is 4.92 Å². The minimum atomic E-state index is -0.450. The Bertz CT molecular complexity index is 563. The number of halogens is 1. The van der Waals surface area contributed by atoms with E-state index in [1.54, 1.807) is 13.0 Å². The average molecular weight is 328 g/mol. The van der Waals surface area contributed by atoms with Crippen LogP contribution in [0.1, 0.15) is 35.7 Å². The maximum atomic E-state index is 12.6. The fourth-order valence-corrected chi connectivity index (χ4v) is 2.80. The van der Waals surface area contributed by atoms with Crippen LogP contribution in [0.15, 0.2) is 18.2 Å². The summed E-state index contributed by atoms with van der Waals surface area (Å²) in [5, 5.41) is 10.8. The number of nitrogens with two attached hydrogens (primary N) is 1. The van der Waals surface area contributed by atoms with E-state index in [0.717, 1.165) is 19.4 Å². The predicted octanol–water partition coefficient (Wildman–Crippen LogP) is 2.52. The van der Waals surface area contributed by atoms with Crippen molar-refractivity contribution in [3.8, 4) is 0 Å². The van der Waals surface area contributed by atoms with Gasteiger partial charge in [0.15, 0.2) is 0 Å². The number of carbonyl (C=O) groups is 1. The van der Waals surface area contributed by atoms with Crippen molar-refractivity contribution in [1.29, 1.82) is 0 Å². The summed E-state index contributed by atoms with van der Waals surface area (Å²) >= 11 is 0. The number of nitro benzene ring substituents is 1. The zero-order chi connectivity index (χ0) is 15.6. The third-order valence-electron chi connectivity index (χ3n) is 4.14. The quantitative estimate of drug-likeness (QED) is 0.682. The largest absolute Gasteiger partial charge is 0.338 e. The topological polar surface area (TPSA) is 89.5 Å². The van der Waals surface area contributed by atoms with Crippen LogP contribution in [-0.2, 0) is 0 Å². The molecule has 1 heterocycles. The van der Waals surface area contributed by atoms with Crippen LogP contribution in [0.3, 0.4) is 0 Å². The van der Waals surface area contributed by atoms with E-state index in [9.17, 15) is 14.9 Å². The van der Waals surface area contributed by atoms with E-state index in [-0.39, 0.29) is 30.0 Å². The molecular formula is C15H22ClN3O3. The van der Waals surface area contributed by atoms with Crippen LogP contribution in [-0.4, -0.2) is 34.9 Å². The van der Waals surface area contributed by atoms with Gasteiger partial charge in [-0.15, -0.1) is 12.4 Å². The number of likely N-dealkylation sites (tertiary alicyclic amines) is 1. The standard InChI is InChI=1S/C15H21N3O3.ClH/c1-10-8-13(18(20)21)5-6-14(10)15(19)17-7-3-4-12(9-17)11(2)16;/h5-6,8,11-12H,3-4,7,9,16H2,1-2H3;1H. The van der Waals surface area contributed by atoms with Gasteiger partial charge in [0, 0.05) is 36.8 Å². The zero-order valence-corrected chi connectivity index (χ0v) is 13.6. The first-order valence-corrected chi connectivity index (χ1v) is 7.20. The van der Waals surface area contributed by atoms with E-state index in [4.69, 9.17) is 5.73 Å². The highest BCUT2D eigenvalue weighted by molar-refractivity contribution is 5.96. The number of nitro groups is 1. The van der Waals surface area contributed by atoms with Crippen molar-refractivity contribution in [2.45, 2.75) is 32.7 Å². The van der Waals surface area contributed by atoms with Crippen LogP contribution in [0.5, 0.6) is 0 Å². The molecule has 2 rings (SSSR count). The van der Waals surface area contributed by atoms with Crippen molar-refractivity contribution < 1.29 is 9.72 Å². The van der Waals surface area contributed by atoms with Crippen LogP contribution in [0.25, 0.3) is 0 Å². The summed E-state index contributed by atoms with van der Waals surface area (Å²) in [5.74, 6) is 0.258. The number of aryl methyl sites for hydroxylation is 1. The van der Waals surface area contributed by atoms with E-state index in [2.05, 4.69) is 0 Å². The number of benzene rings is 1. The third kappa shape index (κ3) is 3.96. The fourth-order valence-electron chi connectivity index (χ4n) is 2.80. The smallest absolute Gasteiger partial charge is 0.269 e. The van der Waals surface area contributed by atoms with Crippen molar-refractivity contribution in [1.82, 2.24) is 4.90 Å². The van der Waals surface area contributed by atoms with Crippen LogP contribution in [0.4, 0.5) is 5.69 Å². The summed E-state index contributed by atoms with van der Waals surface area (Å²) in [5.41, 5.74) is 7.12. The van der Waals surface area contributed by atoms with Gasteiger partial charge in [0.1, 0.15) is 0 Å². The lowest BCUT2D eigenvalue weighted by Gasteiger charge is -2.34. The molecular weight excluding hydrogens is 306 g/mol. The number of non-ortho nitro benzene ring substituents is 1. The molecule has 0 aliphatic carbocycles. The van der Waals surface area contributed by atoms with Crippen molar-refractivity contribution in [3.05, 3.63) is 39.4 Å². The van der Waals surface area contributed by atoms with Gasteiger partial charge in [-0.1, -0.05) is 0 Å². The van der Waals surface area contributed by atoms with Crippen molar-refractivity contribution >= 4 is 24.0 Å². The molecule has 0 radical (unpaired) electrons. The van der Waals surface area contributed by atoms with Gasteiger partial charge < -0.3 is 10.6 Å². The molecule has 1 amide bonds. The lowest BCUT2D eigenvalue weighted by atomic mass is 9.91. The van der Waals surface area contributed by atoms with Crippen LogP contribution >= 0.6 is 12.4 Å². The SMILES string of the molecule is Cc1cc([N+](=O)[O-])ccc1C(=O)N1CCCC(C(C)N)C1.Cl. The fraction of sp³-hybridized carbons (Fsp3) is 0.533. The summed E-state index contributed by atoms with van der Waals surface area (Å²) in [7, 11) is 0. The number of rotatable bonds is 3. The molecule has 1 fully saturated rings. The Balaban J connectivity index is 0.00000242. The number of hydrogen-bond acceptors (Lipinski definition) is 4. The van der Waals surface area contributed by atoms with E-state index >= 15 is 0 Å². The maximum absolute atomic E-state index is 12.6. The molecule has 1 saturated heterocycles. The van der Waals surface area contributed by atoms with Crippen LogP contribution in [0, 0.1) is 23.0 Å². The van der Waals surface area contributed by atoms with Gasteiger partial charge in [-0.05, 0) is 44.2 Å². The van der Waals surface area contributed by atoms with Crippen molar-refractivity contribution in [2.24, 2.45) is 11.7 Å². The number of amides is 1. The molecule has 7 heteroatoms. The first-order chi connectivity index (χ1) is 9.90. The summed E-state index contributed by atoms with van der Waals surface area (Å²) in [6, 6.07) is 4.44. The van der Waals surface area contributed by atoms with Crippen molar-refractivity contribution in [3.63, 3.8) is 0 Å². The maximum Gasteiger partial charge on any atom is 0.269 e.